The molecule has 0 unspecified atom stereocenters. The normalized spacial score (nSPS) is 20.4. The molecule has 6 heteroatoms. The second-order valence-electron chi connectivity index (χ2n) is 7.15. The van der Waals surface area contributed by atoms with Crippen molar-refractivity contribution in [3.8, 4) is 0 Å². The van der Waals surface area contributed by atoms with Gasteiger partial charge in [0.2, 0.25) is 15.9 Å². The average Bonchev–Trinajstić information content (AvgIpc) is 2.60. The molecule has 0 radical (unpaired) electrons. The molecule has 5 nitrogen and oxygen atoms in total. The monoisotopic (exact) mass is 366 g/mol. The van der Waals surface area contributed by atoms with Gasteiger partial charge in [-0.1, -0.05) is 51.1 Å². The van der Waals surface area contributed by atoms with Crippen LogP contribution in [0.15, 0.2) is 30.3 Å². The third-order valence-electron chi connectivity index (χ3n) is 4.73. The van der Waals surface area contributed by atoms with Gasteiger partial charge in [-0.25, -0.2) is 12.7 Å². The van der Waals surface area contributed by atoms with Crippen LogP contribution in [-0.2, 0) is 14.8 Å². The van der Waals surface area contributed by atoms with Gasteiger partial charge < -0.3 is 5.32 Å². The maximum Gasteiger partial charge on any atom is 0.224 e. The fraction of sp³-hybridized carbons (Fsp3) is 0.632. The molecule has 1 aromatic rings. The van der Waals surface area contributed by atoms with Gasteiger partial charge in [0.15, 0.2) is 0 Å². The molecular weight excluding hydrogens is 336 g/mol. The highest BCUT2D eigenvalue weighted by Crippen LogP contribution is 2.25. The topological polar surface area (TPSA) is 66.5 Å². The van der Waals surface area contributed by atoms with E-state index in [-0.39, 0.29) is 29.5 Å². The van der Waals surface area contributed by atoms with E-state index < -0.39 is 10.0 Å². The smallest absolute Gasteiger partial charge is 0.224 e. The molecule has 1 aliphatic rings. The Morgan fingerprint density at radius 3 is 2.56 bits per heavy atom. The minimum Gasteiger partial charge on any atom is -0.349 e. The van der Waals surface area contributed by atoms with E-state index in [1.54, 1.807) is 0 Å². The number of carbonyl (C=O) groups is 1. The summed E-state index contributed by atoms with van der Waals surface area (Å²) in [6.07, 6.45) is 2.07. The van der Waals surface area contributed by atoms with Crippen molar-refractivity contribution in [1.29, 1.82) is 0 Å². The highest BCUT2D eigenvalue weighted by Gasteiger charge is 2.33. The van der Waals surface area contributed by atoms with Gasteiger partial charge in [-0.05, 0) is 30.7 Å². The van der Waals surface area contributed by atoms with Crippen molar-refractivity contribution in [2.24, 2.45) is 11.8 Å². The lowest BCUT2D eigenvalue weighted by molar-refractivity contribution is -0.127. The standard InChI is InChI=1S/C19H30N2O3S/c1-4-13-25(23,24)21-12-8-11-17(14-21)19(22)20-18(15(2)3)16-9-6-5-7-10-16/h5-7,9-10,15,17-18H,4,8,11-14H2,1-3H3,(H,20,22)/t17-,18-/m1/s1. The minimum absolute atomic E-state index is 0.0426. The molecule has 1 aromatic carbocycles. The number of amides is 1. The van der Waals surface area contributed by atoms with E-state index in [0.717, 1.165) is 18.4 Å². The molecule has 1 saturated heterocycles. The molecule has 0 aromatic heterocycles. The minimum atomic E-state index is -3.24. The van der Waals surface area contributed by atoms with E-state index in [2.05, 4.69) is 19.2 Å². The number of sulfonamides is 1. The van der Waals surface area contributed by atoms with Gasteiger partial charge in [-0.3, -0.25) is 4.79 Å². The quantitative estimate of drug-likeness (QED) is 0.807. The van der Waals surface area contributed by atoms with E-state index in [1.807, 2.05) is 37.3 Å². The summed E-state index contributed by atoms with van der Waals surface area (Å²) in [4.78, 5) is 12.8. The number of rotatable bonds is 7. The lowest BCUT2D eigenvalue weighted by Crippen LogP contribution is -2.47. The third-order valence-corrected chi connectivity index (χ3v) is 6.78. The van der Waals surface area contributed by atoms with Crippen LogP contribution in [0.5, 0.6) is 0 Å². The Bertz CT molecular complexity index is 659. The molecule has 1 N–H and O–H groups in total. The Hall–Kier alpha value is -1.40. The van der Waals surface area contributed by atoms with Crippen LogP contribution < -0.4 is 5.32 Å². The number of nitrogens with one attached hydrogen (secondary N) is 1. The molecule has 2 atom stereocenters. The molecule has 1 aliphatic heterocycles. The van der Waals surface area contributed by atoms with Crippen molar-refractivity contribution in [2.45, 2.75) is 46.1 Å². The molecule has 25 heavy (non-hydrogen) atoms. The molecular formula is C19H30N2O3S. The van der Waals surface area contributed by atoms with Gasteiger partial charge in [-0.15, -0.1) is 0 Å². The SMILES string of the molecule is CCCS(=O)(=O)N1CCC[C@@H](C(=O)N[C@@H](c2ccccc2)C(C)C)C1. The molecule has 1 amide bonds. The number of hydrogen-bond acceptors (Lipinski definition) is 3. The fourth-order valence-electron chi connectivity index (χ4n) is 3.36. The lowest BCUT2D eigenvalue weighted by Gasteiger charge is -2.33. The predicted molar refractivity (Wildman–Crippen MR) is 101 cm³/mol. The zero-order valence-corrected chi connectivity index (χ0v) is 16.3. The highest BCUT2D eigenvalue weighted by atomic mass is 32.2. The zero-order valence-electron chi connectivity index (χ0n) is 15.4. The first-order valence-corrected chi connectivity index (χ1v) is 10.8. The number of carbonyl (C=O) groups excluding carboxylic acids is 1. The van der Waals surface area contributed by atoms with Crippen molar-refractivity contribution in [3.05, 3.63) is 35.9 Å². The maximum absolute atomic E-state index is 12.8. The first-order valence-electron chi connectivity index (χ1n) is 9.18. The Labute approximate surface area is 151 Å². The molecule has 0 bridgehead atoms. The summed E-state index contributed by atoms with van der Waals surface area (Å²) >= 11 is 0. The fourth-order valence-corrected chi connectivity index (χ4v) is 4.95. The van der Waals surface area contributed by atoms with E-state index in [4.69, 9.17) is 0 Å². The van der Waals surface area contributed by atoms with Crippen LogP contribution in [0, 0.1) is 11.8 Å². The summed E-state index contributed by atoms with van der Waals surface area (Å²) in [5, 5.41) is 3.15. The predicted octanol–water partition coefficient (Wildman–Crippen LogP) is 2.95. The van der Waals surface area contributed by atoms with Crippen LogP contribution in [0.3, 0.4) is 0 Å². The molecule has 0 aliphatic carbocycles. The summed E-state index contributed by atoms with van der Waals surface area (Å²) in [6.45, 7) is 6.85. The average molecular weight is 367 g/mol. The third kappa shape index (κ3) is 5.28. The van der Waals surface area contributed by atoms with Crippen LogP contribution in [0.1, 0.15) is 51.6 Å². The van der Waals surface area contributed by atoms with E-state index in [0.29, 0.717) is 19.5 Å². The summed E-state index contributed by atoms with van der Waals surface area (Å²) in [5.74, 6) is 0.0964. The van der Waals surface area contributed by atoms with E-state index >= 15 is 0 Å². The molecule has 140 valence electrons. The summed E-state index contributed by atoms with van der Waals surface area (Å²) in [7, 11) is -3.24. The van der Waals surface area contributed by atoms with Crippen LogP contribution >= 0.6 is 0 Å². The Morgan fingerprint density at radius 2 is 1.96 bits per heavy atom. The Morgan fingerprint density at radius 1 is 1.28 bits per heavy atom. The molecule has 0 spiro atoms. The first-order chi connectivity index (χ1) is 11.8. The second-order valence-corrected chi connectivity index (χ2v) is 9.24. The van der Waals surface area contributed by atoms with Crippen molar-refractivity contribution in [1.82, 2.24) is 9.62 Å². The highest BCUT2D eigenvalue weighted by molar-refractivity contribution is 7.89. The number of nitrogens with zero attached hydrogens (tertiary/aromatic N) is 1. The summed E-state index contributed by atoms with van der Waals surface area (Å²) in [5.41, 5.74) is 1.08. The van der Waals surface area contributed by atoms with Gasteiger partial charge in [0.05, 0.1) is 17.7 Å². The summed E-state index contributed by atoms with van der Waals surface area (Å²) in [6, 6.07) is 9.87. The van der Waals surface area contributed by atoms with Gasteiger partial charge in [0.1, 0.15) is 0 Å². The Kier molecular flexibility index (Phi) is 7.02. The van der Waals surface area contributed by atoms with Crippen molar-refractivity contribution in [2.75, 3.05) is 18.8 Å². The number of piperidine rings is 1. The van der Waals surface area contributed by atoms with Crippen LogP contribution in [0.4, 0.5) is 0 Å². The van der Waals surface area contributed by atoms with Gasteiger partial charge in [0.25, 0.3) is 0 Å². The van der Waals surface area contributed by atoms with Crippen molar-refractivity contribution < 1.29 is 13.2 Å². The van der Waals surface area contributed by atoms with E-state index in [1.165, 1.54) is 4.31 Å². The van der Waals surface area contributed by atoms with Crippen molar-refractivity contribution in [3.63, 3.8) is 0 Å². The van der Waals surface area contributed by atoms with Gasteiger partial charge in [-0.2, -0.15) is 0 Å². The molecule has 2 rings (SSSR count). The molecule has 1 heterocycles. The van der Waals surface area contributed by atoms with Crippen LogP contribution in [0.2, 0.25) is 0 Å². The number of benzene rings is 1. The van der Waals surface area contributed by atoms with E-state index in [9.17, 15) is 13.2 Å². The largest absolute Gasteiger partial charge is 0.349 e. The van der Waals surface area contributed by atoms with Crippen molar-refractivity contribution >= 4 is 15.9 Å². The van der Waals surface area contributed by atoms with Crippen LogP contribution in [-0.4, -0.2) is 37.5 Å². The van der Waals surface area contributed by atoms with Gasteiger partial charge >= 0.3 is 0 Å². The lowest BCUT2D eigenvalue weighted by atomic mass is 9.93. The molecule has 1 fully saturated rings. The maximum atomic E-state index is 12.8. The van der Waals surface area contributed by atoms with Gasteiger partial charge in [0, 0.05) is 13.1 Å². The first kappa shape index (κ1) is 19.9. The molecule has 0 saturated carbocycles. The Balaban J connectivity index is 2.06. The second kappa shape index (κ2) is 8.81. The summed E-state index contributed by atoms with van der Waals surface area (Å²) < 4.78 is 26.1. The zero-order chi connectivity index (χ0) is 18.4. The number of hydrogen-bond donors (Lipinski definition) is 1. The van der Waals surface area contributed by atoms with Crippen LogP contribution in [0.25, 0.3) is 0 Å².